The van der Waals surface area contributed by atoms with E-state index in [2.05, 4.69) is 6.66 Å². The fraction of sp³-hybridized carbons (Fsp3) is 1.00. The summed E-state index contributed by atoms with van der Waals surface area (Å²) in [4.78, 5) is 0. The molecule has 2 heterocycles. The summed E-state index contributed by atoms with van der Waals surface area (Å²) in [7, 11) is 0.470. The van der Waals surface area contributed by atoms with Gasteiger partial charge < -0.3 is 0 Å². The first kappa shape index (κ1) is 7.10. The van der Waals surface area contributed by atoms with E-state index >= 15 is 0 Å². The number of hydrogen-bond donors (Lipinski definition) is 0. The van der Waals surface area contributed by atoms with Gasteiger partial charge in [-0.25, -0.2) is 0 Å². The predicted molar refractivity (Wildman–Crippen MR) is 48.1 cm³/mol. The minimum atomic E-state index is 0.470. The average Bonchev–Trinajstić information content (AvgIpc) is 2.06. The number of fused-ring (bicyclic) bond motifs is 2. The zero-order chi connectivity index (χ0) is 6.97. The third kappa shape index (κ3) is 1.11. The van der Waals surface area contributed by atoms with Gasteiger partial charge in [-0.15, -0.1) is 7.92 Å². The Morgan fingerprint density at radius 1 is 0.900 bits per heavy atom. The number of rotatable bonds is 0. The van der Waals surface area contributed by atoms with Gasteiger partial charge in [0.05, 0.1) is 0 Å². The van der Waals surface area contributed by atoms with E-state index < -0.39 is 0 Å². The van der Waals surface area contributed by atoms with Gasteiger partial charge in [-0.05, 0) is 43.7 Å². The molecule has 2 aliphatic heterocycles. The van der Waals surface area contributed by atoms with E-state index in [1.54, 1.807) is 25.7 Å². The van der Waals surface area contributed by atoms with Crippen LogP contribution in [0.4, 0.5) is 0 Å². The highest BCUT2D eigenvalue weighted by Crippen LogP contribution is 2.57. The van der Waals surface area contributed by atoms with E-state index in [0.29, 0.717) is 7.92 Å². The van der Waals surface area contributed by atoms with Crippen LogP contribution in [0.3, 0.4) is 0 Å². The van der Waals surface area contributed by atoms with E-state index in [-0.39, 0.29) is 0 Å². The summed E-state index contributed by atoms with van der Waals surface area (Å²) in [5.74, 6) is 0. The highest BCUT2D eigenvalue weighted by atomic mass is 31.1. The van der Waals surface area contributed by atoms with Crippen molar-refractivity contribution in [3.8, 4) is 0 Å². The Morgan fingerprint density at radius 3 is 1.90 bits per heavy atom. The zero-order valence-electron chi connectivity index (χ0n) is 6.84. The lowest BCUT2D eigenvalue weighted by Gasteiger charge is -2.16. The molecule has 0 aromatic heterocycles. The molecule has 2 fully saturated rings. The van der Waals surface area contributed by atoms with Crippen LogP contribution in [0, 0.1) is 0 Å². The van der Waals surface area contributed by atoms with E-state index in [0.717, 1.165) is 0 Å². The van der Waals surface area contributed by atoms with Crippen LogP contribution in [-0.4, -0.2) is 18.0 Å². The summed E-state index contributed by atoms with van der Waals surface area (Å²) in [6.07, 6.45) is 9.36. The summed E-state index contributed by atoms with van der Waals surface area (Å²) in [6, 6.07) is 0. The fourth-order valence-electron chi connectivity index (χ4n) is 2.55. The van der Waals surface area contributed by atoms with Gasteiger partial charge >= 0.3 is 0 Å². The van der Waals surface area contributed by atoms with Crippen molar-refractivity contribution < 1.29 is 0 Å². The van der Waals surface area contributed by atoms with Crippen LogP contribution in [0.25, 0.3) is 0 Å². The Balaban J connectivity index is 2.07. The Hall–Kier alpha value is 0.430. The molecule has 2 rings (SSSR count). The van der Waals surface area contributed by atoms with Crippen LogP contribution < -0.4 is 0 Å². The maximum Gasteiger partial charge on any atom is -0.0209 e. The molecule has 0 aromatic rings. The lowest BCUT2D eigenvalue weighted by atomic mass is 10.0. The molecule has 0 amide bonds. The molecule has 0 saturated carbocycles. The van der Waals surface area contributed by atoms with Crippen molar-refractivity contribution >= 4 is 7.92 Å². The van der Waals surface area contributed by atoms with Gasteiger partial charge in [0.2, 0.25) is 0 Å². The molecule has 2 saturated heterocycles. The minimum Gasteiger partial charge on any atom is -0.104 e. The van der Waals surface area contributed by atoms with Crippen molar-refractivity contribution in [3.05, 3.63) is 0 Å². The van der Waals surface area contributed by atoms with Crippen molar-refractivity contribution in [3.63, 3.8) is 0 Å². The van der Waals surface area contributed by atoms with Crippen LogP contribution in [0.5, 0.6) is 0 Å². The third-order valence-electron chi connectivity index (χ3n) is 3.31. The molecule has 0 spiro atoms. The molecule has 0 N–H and O–H groups in total. The van der Waals surface area contributed by atoms with Crippen LogP contribution >= 0.6 is 7.92 Å². The fourth-order valence-corrected chi connectivity index (χ4v) is 5.43. The van der Waals surface area contributed by atoms with Gasteiger partial charge in [0, 0.05) is 0 Å². The van der Waals surface area contributed by atoms with Crippen LogP contribution in [0.15, 0.2) is 0 Å². The molecular weight excluding hydrogens is 139 g/mol. The molecular formula is C9H17P. The lowest BCUT2D eigenvalue weighted by Crippen LogP contribution is -1.97. The van der Waals surface area contributed by atoms with Crippen molar-refractivity contribution in [2.45, 2.75) is 49.8 Å². The summed E-state index contributed by atoms with van der Waals surface area (Å²) >= 11 is 0. The predicted octanol–water partition coefficient (Wildman–Crippen LogP) is 3.20. The SMILES string of the molecule is CP1[C@@H]2CCCC[C@H]1CC2. The monoisotopic (exact) mass is 156 g/mol. The molecule has 3 atom stereocenters. The van der Waals surface area contributed by atoms with Gasteiger partial charge in [-0.1, -0.05) is 12.8 Å². The van der Waals surface area contributed by atoms with Gasteiger partial charge in [-0.3, -0.25) is 0 Å². The summed E-state index contributed by atoms with van der Waals surface area (Å²) in [6.45, 7) is 2.54. The molecule has 1 heteroatoms. The third-order valence-corrected chi connectivity index (χ3v) is 6.65. The second-order valence-corrected chi connectivity index (χ2v) is 6.63. The molecule has 2 aliphatic rings. The van der Waals surface area contributed by atoms with Crippen molar-refractivity contribution in [2.24, 2.45) is 0 Å². The highest BCUT2D eigenvalue weighted by Gasteiger charge is 2.33. The largest absolute Gasteiger partial charge is 0.104 e. The second-order valence-electron chi connectivity index (χ2n) is 3.83. The Kier molecular flexibility index (Phi) is 2.00. The Morgan fingerprint density at radius 2 is 1.40 bits per heavy atom. The quantitative estimate of drug-likeness (QED) is 0.472. The smallest absolute Gasteiger partial charge is 0.0209 e. The molecule has 1 unspecified atom stereocenters. The molecule has 0 nitrogen and oxygen atoms in total. The molecule has 10 heavy (non-hydrogen) atoms. The molecule has 0 aliphatic carbocycles. The van der Waals surface area contributed by atoms with Crippen molar-refractivity contribution in [1.82, 2.24) is 0 Å². The highest BCUT2D eigenvalue weighted by molar-refractivity contribution is 7.58. The van der Waals surface area contributed by atoms with E-state index in [4.69, 9.17) is 0 Å². The van der Waals surface area contributed by atoms with E-state index in [1.807, 2.05) is 0 Å². The van der Waals surface area contributed by atoms with Gasteiger partial charge in [-0.2, -0.15) is 0 Å². The topological polar surface area (TPSA) is 0 Å². The normalized spacial score (nSPS) is 47.1. The minimum absolute atomic E-state index is 0.470. The Bertz CT molecular complexity index is 108. The molecule has 0 aromatic carbocycles. The average molecular weight is 156 g/mol. The van der Waals surface area contributed by atoms with E-state index in [9.17, 15) is 0 Å². The van der Waals surface area contributed by atoms with Gasteiger partial charge in [0.15, 0.2) is 0 Å². The van der Waals surface area contributed by atoms with Crippen molar-refractivity contribution in [1.29, 1.82) is 0 Å². The first-order valence-corrected chi connectivity index (χ1v) is 6.52. The van der Waals surface area contributed by atoms with Gasteiger partial charge in [0.25, 0.3) is 0 Å². The maximum absolute atomic E-state index is 2.54. The molecule has 0 radical (unpaired) electrons. The van der Waals surface area contributed by atoms with Crippen LogP contribution in [0.2, 0.25) is 0 Å². The molecule has 58 valence electrons. The first-order chi connectivity index (χ1) is 4.88. The van der Waals surface area contributed by atoms with E-state index in [1.165, 1.54) is 24.2 Å². The summed E-state index contributed by atoms with van der Waals surface area (Å²) in [5, 5.41) is 0. The van der Waals surface area contributed by atoms with Crippen LogP contribution in [0.1, 0.15) is 38.5 Å². The maximum atomic E-state index is 2.54. The number of hydrogen-bond acceptors (Lipinski definition) is 0. The van der Waals surface area contributed by atoms with Gasteiger partial charge in [0.1, 0.15) is 0 Å². The Labute approximate surface area is 65.1 Å². The lowest BCUT2D eigenvalue weighted by molar-refractivity contribution is 0.556. The van der Waals surface area contributed by atoms with Crippen molar-refractivity contribution in [2.75, 3.05) is 6.66 Å². The second kappa shape index (κ2) is 2.81. The van der Waals surface area contributed by atoms with Crippen LogP contribution in [-0.2, 0) is 0 Å². The standard InChI is InChI=1S/C9H17P/c1-10-8-4-2-3-5-9(10)7-6-8/h8-9H,2-7H2,1H3/t8-,9+,10?. The zero-order valence-corrected chi connectivity index (χ0v) is 7.74. The first-order valence-electron chi connectivity index (χ1n) is 4.60. The molecule has 2 bridgehead atoms. The summed E-state index contributed by atoms with van der Waals surface area (Å²) in [5.41, 5.74) is 2.37. The summed E-state index contributed by atoms with van der Waals surface area (Å²) < 4.78 is 0.